The highest BCUT2D eigenvalue weighted by Gasteiger charge is 2.22. The highest BCUT2D eigenvalue weighted by atomic mass is 19.1. The third-order valence-corrected chi connectivity index (χ3v) is 6.92. The van der Waals surface area contributed by atoms with Gasteiger partial charge < -0.3 is 14.2 Å². The van der Waals surface area contributed by atoms with Crippen LogP contribution in [0.15, 0.2) is 64.0 Å². The largest absolute Gasteiger partial charge is 0.464 e. The number of hydrogen-bond donors (Lipinski definition) is 0. The van der Waals surface area contributed by atoms with Crippen molar-refractivity contribution in [1.82, 2.24) is 9.80 Å². The third-order valence-electron chi connectivity index (χ3n) is 6.92. The molecule has 3 aromatic rings. The summed E-state index contributed by atoms with van der Waals surface area (Å²) in [5.74, 6) is -0.657. The lowest BCUT2D eigenvalue weighted by Crippen LogP contribution is -2.43. The average Bonchev–Trinajstić information content (AvgIpc) is 2.94. The van der Waals surface area contributed by atoms with Crippen molar-refractivity contribution in [2.24, 2.45) is 0 Å². The van der Waals surface area contributed by atoms with Crippen LogP contribution in [0, 0.1) is 5.82 Å². The Bertz CT molecular complexity index is 1260. The summed E-state index contributed by atoms with van der Waals surface area (Å²) < 4.78 is 19.2. The lowest BCUT2D eigenvalue weighted by atomic mass is 10.1. The molecule has 3 rings (SSSR count). The van der Waals surface area contributed by atoms with Crippen LogP contribution in [-0.4, -0.2) is 34.7 Å². The van der Waals surface area contributed by atoms with Gasteiger partial charge in [0.15, 0.2) is 5.43 Å². The second-order valence-corrected chi connectivity index (χ2v) is 10.1. The van der Waals surface area contributed by atoms with Gasteiger partial charge >= 0.3 is 0 Å². The number of carbonyl (C=O) groups is 2. The fraction of sp³-hybridized carbons (Fsp3) is 0.469. The first-order valence-corrected chi connectivity index (χ1v) is 14.2. The fourth-order valence-corrected chi connectivity index (χ4v) is 4.69. The Hall–Kier alpha value is -3.48. The molecule has 39 heavy (non-hydrogen) atoms. The zero-order valence-corrected chi connectivity index (χ0v) is 23.3. The van der Waals surface area contributed by atoms with Crippen molar-refractivity contribution in [1.29, 1.82) is 0 Å². The summed E-state index contributed by atoms with van der Waals surface area (Å²) in [5, 5.41) is 0.446. The Morgan fingerprint density at radius 3 is 2.21 bits per heavy atom. The molecule has 2 amide bonds. The van der Waals surface area contributed by atoms with Gasteiger partial charge in [0, 0.05) is 19.5 Å². The van der Waals surface area contributed by atoms with Crippen LogP contribution in [0.25, 0.3) is 11.0 Å². The molecule has 0 unspecified atom stereocenters. The van der Waals surface area contributed by atoms with E-state index in [1.54, 1.807) is 41.3 Å². The molecule has 0 atom stereocenters. The molecular formula is C32H41FN2O4. The number of carbonyl (C=O) groups excluding carboxylic acids is 2. The van der Waals surface area contributed by atoms with Crippen LogP contribution in [0.4, 0.5) is 4.39 Å². The standard InChI is InChI=1S/C32H41FN2O4/c1-3-5-6-7-8-9-10-15-30(36)34(20-4-2)23-31(37)35(21-25-16-18-27(33)19-17-25)22-26-24-39-29-14-12-11-13-28(29)32(26)38/h11-14,16-19,24H,3-10,15,20-23H2,1-2H3. The first-order valence-electron chi connectivity index (χ1n) is 14.2. The molecule has 0 saturated carbocycles. The first-order chi connectivity index (χ1) is 18.9. The number of amides is 2. The molecule has 2 aromatic carbocycles. The Kier molecular flexibility index (Phi) is 12.2. The molecule has 0 spiro atoms. The summed E-state index contributed by atoms with van der Waals surface area (Å²) in [7, 11) is 0. The number of hydrogen-bond acceptors (Lipinski definition) is 4. The van der Waals surface area contributed by atoms with Crippen molar-refractivity contribution in [3.8, 4) is 0 Å². The van der Waals surface area contributed by atoms with Crippen LogP contribution in [0.3, 0.4) is 0 Å². The summed E-state index contributed by atoms with van der Waals surface area (Å²) in [6.07, 6.45) is 10.4. The molecule has 0 aliphatic rings. The van der Waals surface area contributed by atoms with Crippen LogP contribution in [0.1, 0.15) is 82.8 Å². The Labute approximate surface area is 230 Å². The number of fused-ring (bicyclic) bond motifs is 1. The van der Waals surface area contributed by atoms with Crippen LogP contribution in [0.2, 0.25) is 0 Å². The molecule has 0 N–H and O–H groups in total. The van der Waals surface area contributed by atoms with E-state index in [0.29, 0.717) is 29.5 Å². The monoisotopic (exact) mass is 536 g/mol. The molecule has 1 aromatic heterocycles. The third kappa shape index (κ3) is 9.34. The first kappa shape index (κ1) is 30.1. The van der Waals surface area contributed by atoms with Gasteiger partial charge in [-0.2, -0.15) is 0 Å². The van der Waals surface area contributed by atoms with Crippen molar-refractivity contribution in [2.45, 2.75) is 84.7 Å². The molecule has 0 fully saturated rings. The van der Waals surface area contributed by atoms with Crippen molar-refractivity contribution < 1.29 is 18.4 Å². The number of halogens is 1. The van der Waals surface area contributed by atoms with E-state index < -0.39 is 0 Å². The van der Waals surface area contributed by atoms with E-state index in [-0.39, 0.29) is 42.7 Å². The Balaban J connectivity index is 1.72. The molecule has 0 aliphatic heterocycles. The van der Waals surface area contributed by atoms with Gasteiger partial charge in [-0.3, -0.25) is 14.4 Å². The summed E-state index contributed by atoms with van der Waals surface area (Å²) in [5.41, 5.74) is 1.36. The second-order valence-electron chi connectivity index (χ2n) is 10.1. The highest BCUT2D eigenvalue weighted by Crippen LogP contribution is 2.15. The van der Waals surface area contributed by atoms with Crippen molar-refractivity contribution in [3.63, 3.8) is 0 Å². The molecule has 7 heteroatoms. The minimum Gasteiger partial charge on any atom is -0.464 e. The van der Waals surface area contributed by atoms with Crippen LogP contribution < -0.4 is 5.43 Å². The Morgan fingerprint density at radius 2 is 1.49 bits per heavy atom. The second kappa shape index (κ2) is 15.8. The maximum absolute atomic E-state index is 13.6. The van der Waals surface area contributed by atoms with E-state index in [4.69, 9.17) is 4.42 Å². The molecule has 0 radical (unpaired) electrons. The SMILES string of the molecule is CCCCCCCCCC(=O)N(CCC)CC(=O)N(Cc1ccc(F)cc1)Cc1coc2ccccc2c1=O. The molecular weight excluding hydrogens is 495 g/mol. The van der Waals surface area contributed by atoms with Crippen molar-refractivity contribution in [3.05, 3.63) is 82.0 Å². The van der Waals surface area contributed by atoms with E-state index in [9.17, 15) is 18.8 Å². The molecule has 6 nitrogen and oxygen atoms in total. The lowest BCUT2D eigenvalue weighted by Gasteiger charge is -2.28. The van der Waals surface area contributed by atoms with E-state index in [0.717, 1.165) is 31.2 Å². The van der Waals surface area contributed by atoms with Crippen molar-refractivity contribution >= 4 is 22.8 Å². The maximum atomic E-state index is 13.6. The number of nitrogens with zero attached hydrogens (tertiary/aromatic N) is 2. The van der Waals surface area contributed by atoms with Gasteiger partial charge in [0.05, 0.1) is 30.3 Å². The minimum atomic E-state index is -0.364. The predicted molar refractivity (Wildman–Crippen MR) is 153 cm³/mol. The smallest absolute Gasteiger partial charge is 0.242 e. The van der Waals surface area contributed by atoms with E-state index in [1.807, 2.05) is 6.92 Å². The molecule has 0 bridgehead atoms. The number of benzene rings is 2. The van der Waals surface area contributed by atoms with Gasteiger partial charge in [0.25, 0.3) is 0 Å². The van der Waals surface area contributed by atoms with Gasteiger partial charge in [0.2, 0.25) is 11.8 Å². The highest BCUT2D eigenvalue weighted by molar-refractivity contribution is 5.85. The normalized spacial score (nSPS) is 11.1. The van der Waals surface area contributed by atoms with Crippen LogP contribution in [0.5, 0.6) is 0 Å². The minimum absolute atomic E-state index is 0.0225. The number of para-hydroxylation sites is 1. The summed E-state index contributed by atoms with van der Waals surface area (Å²) in [4.78, 5) is 42.9. The van der Waals surface area contributed by atoms with Gasteiger partial charge in [-0.25, -0.2) is 4.39 Å². The summed E-state index contributed by atoms with van der Waals surface area (Å²) in [6, 6.07) is 12.9. The number of unbranched alkanes of at least 4 members (excludes halogenated alkanes) is 6. The van der Waals surface area contributed by atoms with Gasteiger partial charge in [-0.1, -0.05) is 76.6 Å². The molecule has 0 saturated heterocycles. The number of rotatable bonds is 16. The average molecular weight is 537 g/mol. The lowest BCUT2D eigenvalue weighted by molar-refractivity contribution is -0.141. The van der Waals surface area contributed by atoms with Crippen LogP contribution >= 0.6 is 0 Å². The molecule has 1 heterocycles. The fourth-order valence-electron chi connectivity index (χ4n) is 4.69. The molecule has 0 aliphatic carbocycles. The summed E-state index contributed by atoms with van der Waals surface area (Å²) in [6.45, 7) is 4.80. The quantitative estimate of drug-likeness (QED) is 0.188. The zero-order valence-electron chi connectivity index (χ0n) is 23.3. The van der Waals surface area contributed by atoms with E-state index in [1.165, 1.54) is 49.0 Å². The van der Waals surface area contributed by atoms with Gasteiger partial charge in [-0.15, -0.1) is 0 Å². The zero-order chi connectivity index (χ0) is 28.0. The van der Waals surface area contributed by atoms with E-state index >= 15 is 0 Å². The van der Waals surface area contributed by atoms with Crippen molar-refractivity contribution in [2.75, 3.05) is 13.1 Å². The van der Waals surface area contributed by atoms with Crippen LogP contribution in [-0.2, 0) is 22.7 Å². The molecule has 210 valence electrons. The predicted octanol–water partition coefficient (Wildman–Crippen LogP) is 6.84. The van der Waals surface area contributed by atoms with E-state index in [2.05, 4.69) is 6.92 Å². The topological polar surface area (TPSA) is 70.8 Å². The van der Waals surface area contributed by atoms with Gasteiger partial charge in [-0.05, 0) is 42.7 Å². The van der Waals surface area contributed by atoms with Gasteiger partial charge in [0.1, 0.15) is 11.4 Å². The Morgan fingerprint density at radius 1 is 0.795 bits per heavy atom. The summed E-state index contributed by atoms with van der Waals surface area (Å²) >= 11 is 0. The maximum Gasteiger partial charge on any atom is 0.242 e.